The zero-order valence-electron chi connectivity index (χ0n) is 11.2. The zero-order chi connectivity index (χ0) is 15.7. The average molecular weight is 295 g/mol. The van der Waals surface area contributed by atoms with Gasteiger partial charge in [-0.15, -0.1) is 0 Å². The number of hydrazine groups is 1. The van der Waals surface area contributed by atoms with Gasteiger partial charge >= 0.3 is 12.1 Å². The summed E-state index contributed by atoms with van der Waals surface area (Å²) in [5, 5.41) is 11.1. The number of hydrogen-bond acceptors (Lipinski definition) is 5. The maximum atomic E-state index is 11.5. The molecule has 1 rings (SSSR count). The number of carboxylic acids is 1. The number of alkyl carbamates (subject to hydrolysis) is 1. The van der Waals surface area contributed by atoms with Crippen LogP contribution < -0.4 is 16.6 Å². The molecule has 0 aliphatic heterocycles. The first kappa shape index (κ1) is 16.4. The number of rotatable bonds is 7. The van der Waals surface area contributed by atoms with Gasteiger partial charge in [0.2, 0.25) is 5.91 Å². The molecule has 0 unspecified atom stereocenters. The third-order valence-electron chi connectivity index (χ3n) is 2.62. The highest BCUT2D eigenvalue weighted by Gasteiger charge is 2.21. The van der Waals surface area contributed by atoms with Gasteiger partial charge in [0.25, 0.3) is 0 Å². The Morgan fingerprint density at radius 1 is 1.24 bits per heavy atom. The first-order chi connectivity index (χ1) is 10.0. The lowest BCUT2D eigenvalue weighted by molar-refractivity contribution is -0.139. The van der Waals surface area contributed by atoms with Gasteiger partial charge in [0, 0.05) is 6.42 Å². The number of nitrogens with two attached hydrogens (primary N) is 1. The maximum Gasteiger partial charge on any atom is 0.408 e. The molecule has 21 heavy (non-hydrogen) atoms. The lowest BCUT2D eigenvalue weighted by Gasteiger charge is -2.14. The first-order valence-electron chi connectivity index (χ1n) is 6.22. The van der Waals surface area contributed by atoms with Gasteiger partial charge in [-0.1, -0.05) is 30.3 Å². The number of ether oxygens (including phenoxy) is 1. The lowest BCUT2D eigenvalue weighted by Crippen LogP contribution is -2.42. The highest BCUT2D eigenvalue weighted by atomic mass is 16.5. The van der Waals surface area contributed by atoms with Crippen LogP contribution in [0.3, 0.4) is 0 Å². The second kappa shape index (κ2) is 8.54. The van der Waals surface area contributed by atoms with Crippen LogP contribution >= 0.6 is 0 Å². The Morgan fingerprint density at radius 3 is 2.48 bits per heavy atom. The monoisotopic (exact) mass is 295 g/mol. The normalized spacial score (nSPS) is 11.3. The Labute approximate surface area is 121 Å². The molecule has 8 nitrogen and oxygen atoms in total. The maximum absolute atomic E-state index is 11.5. The summed E-state index contributed by atoms with van der Waals surface area (Å²) >= 11 is 0. The molecule has 1 aromatic rings. The fraction of sp³-hybridized carbons (Fsp3) is 0.308. The molecule has 0 saturated carbocycles. The standard InChI is InChI=1S/C13H17N3O5/c14-16-11(17)7-6-10(12(18)19)15-13(20)21-8-9-4-2-1-3-5-9/h1-5,10H,6-8,14H2,(H,15,20)(H,16,17)(H,18,19)/t10-/m0/s1. The van der Waals surface area contributed by atoms with Gasteiger partial charge in [-0.3, -0.25) is 10.2 Å². The van der Waals surface area contributed by atoms with E-state index < -0.39 is 24.0 Å². The Morgan fingerprint density at radius 2 is 1.90 bits per heavy atom. The van der Waals surface area contributed by atoms with E-state index in [1.807, 2.05) is 11.5 Å². The van der Waals surface area contributed by atoms with Crippen molar-refractivity contribution in [3.8, 4) is 0 Å². The van der Waals surface area contributed by atoms with Crippen molar-refractivity contribution in [1.29, 1.82) is 0 Å². The van der Waals surface area contributed by atoms with E-state index in [4.69, 9.17) is 15.7 Å². The van der Waals surface area contributed by atoms with E-state index in [-0.39, 0.29) is 19.4 Å². The second-order valence-electron chi connectivity index (χ2n) is 4.20. The average Bonchev–Trinajstić information content (AvgIpc) is 2.49. The first-order valence-corrected chi connectivity index (χ1v) is 6.22. The molecule has 0 saturated heterocycles. The van der Waals surface area contributed by atoms with Gasteiger partial charge in [0.1, 0.15) is 12.6 Å². The van der Waals surface area contributed by atoms with E-state index in [1.165, 1.54) is 0 Å². The largest absolute Gasteiger partial charge is 0.480 e. The summed E-state index contributed by atoms with van der Waals surface area (Å²) in [7, 11) is 0. The Balaban J connectivity index is 2.41. The number of carbonyl (C=O) groups excluding carboxylic acids is 2. The van der Waals surface area contributed by atoms with E-state index >= 15 is 0 Å². The van der Waals surface area contributed by atoms with Crippen molar-refractivity contribution in [2.45, 2.75) is 25.5 Å². The van der Waals surface area contributed by atoms with Crippen molar-refractivity contribution in [2.24, 2.45) is 5.84 Å². The zero-order valence-corrected chi connectivity index (χ0v) is 11.2. The molecule has 1 aromatic carbocycles. The third-order valence-corrected chi connectivity index (χ3v) is 2.62. The summed E-state index contributed by atoms with van der Waals surface area (Å²) in [6.07, 6.45) is -1.06. The highest BCUT2D eigenvalue weighted by Crippen LogP contribution is 2.02. The SMILES string of the molecule is NNC(=O)CC[C@H](NC(=O)OCc1ccccc1)C(=O)O. The molecule has 0 bridgehead atoms. The van der Waals surface area contributed by atoms with E-state index in [0.29, 0.717) is 0 Å². The summed E-state index contributed by atoms with van der Waals surface area (Å²) in [4.78, 5) is 33.5. The summed E-state index contributed by atoms with van der Waals surface area (Å²) in [5.74, 6) is 3.12. The molecule has 8 heteroatoms. The van der Waals surface area contributed by atoms with Crippen LogP contribution in [-0.2, 0) is 20.9 Å². The molecule has 1 atom stereocenters. The van der Waals surface area contributed by atoms with Crippen LogP contribution in [-0.4, -0.2) is 29.1 Å². The number of hydrogen-bond donors (Lipinski definition) is 4. The van der Waals surface area contributed by atoms with Gasteiger partial charge in [-0.25, -0.2) is 15.4 Å². The molecule has 0 aliphatic carbocycles. The van der Waals surface area contributed by atoms with Crippen LogP contribution in [0.5, 0.6) is 0 Å². The molecule has 114 valence electrons. The molecule has 0 fully saturated rings. The number of benzene rings is 1. The topological polar surface area (TPSA) is 131 Å². The Hall–Kier alpha value is -2.61. The van der Waals surface area contributed by atoms with Gasteiger partial charge in [0.05, 0.1) is 0 Å². The lowest BCUT2D eigenvalue weighted by atomic mass is 10.1. The molecule has 0 aliphatic rings. The molecule has 0 aromatic heterocycles. The van der Waals surface area contributed by atoms with Crippen LogP contribution in [0.15, 0.2) is 30.3 Å². The molecule has 0 spiro atoms. The van der Waals surface area contributed by atoms with Crippen molar-refractivity contribution < 1.29 is 24.2 Å². The number of carboxylic acid groups (broad SMARTS) is 1. The molecule has 5 N–H and O–H groups in total. The van der Waals surface area contributed by atoms with Gasteiger partial charge in [-0.2, -0.15) is 0 Å². The smallest absolute Gasteiger partial charge is 0.408 e. The molecule has 0 radical (unpaired) electrons. The minimum atomic E-state index is -1.25. The number of nitrogens with one attached hydrogen (secondary N) is 2. The molecular weight excluding hydrogens is 278 g/mol. The number of amides is 2. The summed E-state index contributed by atoms with van der Waals surface area (Å²) in [5.41, 5.74) is 2.66. The minimum absolute atomic E-state index is 0.0301. The van der Waals surface area contributed by atoms with Gasteiger partial charge < -0.3 is 15.2 Å². The fourth-order valence-electron chi connectivity index (χ4n) is 1.51. The Kier molecular flexibility index (Phi) is 6.69. The molecule has 2 amide bonds. The van der Waals surface area contributed by atoms with E-state index in [2.05, 4.69) is 5.32 Å². The number of aliphatic carboxylic acids is 1. The van der Waals surface area contributed by atoms with Crippen molar-refractivity contribution in [2.75, 3.05) is 0 Å². The second-order valence-corrected chi connectivity index (χ2v) is 4.20. The van der Waals surface area contributed by atoms with Crippen molar-refractivity contribution >= 4 is 18.0 Å². The Bertz CT molecular complexity index is 492. The minimum Gasteiger partial charge on any atom is -0.480 e. The predicted molar refractivity (Wildman–Crippen MR) is 72.8 cm³/mol. The summed E-state index contributed by atoms with van der Waals surface area (Å²) in [6, 6.07) is 7.74. The molecule has 0 heterocycles. The van der Waals surface area contributed by atoms with Crippen LogP contribution in [0.2, 0.25) is 0 Å². The van der Waals surface area contributed by atoms with E-state index in [0.717, 1.165) is 5.56 Å². The van der Waals surface area contributed by atoms with E-state index in [9.17, 15) is 14.4 Å². The van der Waals surface area contributed by atoms with E-state index in [1.54, 1.807) is 24.3 Å². The molecular formula is C13H17N3O5. The van der Waals surface area contributed by atoms with Crippen LogP contribution in [0, 0.1) is 0 Å². The van der Waals surface area contributed by atoms with Crippen LogP contribution in [0.1, 0.15) is 18.4 Å². The predicted octanol–water partition coefficient (Wildman–Crippen LogP) is 0.136. The quantitative estimate of drug-likeness (QED) is 0.321. The van der Waals surface area contributed by atoms with Crippen molar-refractivity contribution in [3.63, 3.8) is 0 Å². The van der Waals surface area contributed by atoms with Crippen molar-refractivity contribution in [3.05, 3.63) is 35.9 Å². The fourth-order valence-corrected chi connectivity index (χ4v) is 1.51. The van der Waals surface area contributed by atoms with Crippen LogP contribution in [0.25, 0.3) is 0 Å². The summed E-state index contributed by atoms with van der Waals surface area (Å²) in [6.45, 7) is 0.0301. The van der Waals surface area contributed by atoms with Crippen LogP contribution in [0.4, 0.5) is 4.79 Å². The third kappa shape index (κ3) is 6.39. The van der Waals surface area contributed by atoms with Gasteiger partial charge in [-0.05, 0) is 12.0 Å². The van der Waals surface area contributed by atoms with Crippen molar-refractivity contribution in [1.82, 2.24) is 10.7 Å². The van der Waals surface area contributed by atoms with Gasteiger partial charge in [0.15, 0.2) is 0 Å². The summed E-state index contributed by atoms with van der Waals surface area (Å²) < 4.78 is 4.90. The highest BCUT2D eigenvalue weighted by molar-refractivity contribution is 5.81. The number of carbonyl (C=O) groups is 3.